The molecule has 1 heterocycles. The second-order valence-electron chi connectivity index (χ2n) is 7.44. The van der Waals surface area contributed by atoms with Gasteiger partial charge in [-0.15, -0.1) is 0 Å². The number of carbonyl (C=O) groups is 3. The number of carbonyl (C=O) groups excluding carboxylic acids is 3. The molecule has 0 saturated carbocycles. The summed E-state index contributed by atoms with van der Waals surface area (Å²) in [6.07, 6.45) is 5.05. The Morgan fingerprint density at radius 3 is 2.47 bits per heavy atom. The van der Waals surface area contributed by atoms with E-state index in [4.69, 9.17) is 9.47 Å². The van der Waals surface area contributed by atoms with Gasteiger partial charge in [0.05, 0.1) is 35.6 Å². The first-order valence-corrected chi connectivity index (χ1v) is 10.3. The maximum Gasteiger partial charge on any atom is 0.338 e. The minimum Gasteiger partial charge on any atom is -0.495 e. The fraction of sp³-hybridized carbons (Fsp3) is 0.375. The first-order valence-electron chi connectivity index (χ1n) is 10.3. The van der Waals surface area contributed by atoms with Crippen LogP contribution < -0.4 is 9.64 Å². The molecule has 30 heavy (non-hydrogen) atoms. The van der Waals surface area contributed by atoms with Crippen molar-refractivity contribution < 1.29 is 23.9 Å². The molecule has 158 valence electrons. The van der Waals surface area contributed by atoms with Gasteiger partial charge in [-0.25, -0.2) is 9.69 Å². The van der Waals surface area contributed by atoms with Gasteiger partial charge in [0, 0.05) is 0 Å². The van der Waals surface area contributed by atoms with Gasteiger partial charge in [0.1, 0.15) is 5.75 Å². The number of benzene rings is 2. The number of esters is 1. The van der Waals surface area contributed by atoms with Crippen LogP contribution in [0.4, 0.5) is 5.69 Å². The van der Waals surface area contributed by atoms with Gasteiger partial charge in [-0.1, -0.05) is 38.3 Å². The van der Waals surface area contributed by atoms with Crippen LogP contribution in [-0.4, -0.2) is 31.0 Å². The molecular weight excluding hydrogens is 382 g/mol. The third-order valence-corrected chi connectivity index (χ3v) is 5.22. The highest BCUT2D eigenvalue weighted by Crippen LogP contribution is 2.35. The molecule has 3 rings (SSSR count). The Bertz CT molecular complexity index is 952. The molecule has 6 nitrogen and oxygen atoms in total. The molecule has 0 radical (unpaired) electrons. The van der Waals surface area contributed by atoms with Gasteiger partial charge in [0.2, 0.25) is 0 Å². The van der Waals surface area contributed by atoms with Gasteiger partial charge >= 0.3 is 5.97 Å². The lowest BCUT2D eigenvalue weighted by molar-refractivity contribution is 0.0319. The van der Waals surface area contributed by atoms with Crippen molar-refractivity contribution in [1.29, 1.82) is 0 Å². The third kappa shape index (κ3) is 4.37. The first kappa shape index (κ1) is 21.6. The van der Waals surface area contributed by atoms with Crippen LogP contribution in [0.1, 0.15) is 77.0 Å². The standard InChI is InChI=1S/C24H27NO5/c1-4-5-6-7-10-16(2)30-24(28)17-13-14-18-19(15-17)23(27)25(22(18)26)20-11-8-9-12-21(20)29-3/h8-9,11-16H,4-7,10H2,1-3H3/t16-/m0/s1. The maximum atomic E-state index is 13.0. The summed E-state index contributed by atoms with van der Waals surface area (Å²) in [6, 6.07) is 11.3. The van der Waals surface area contributed by atoms with Crippen LogP contribution >= 0.6 is 0 Å². The van der Waals surface area contributed by atoms with Crippen LogP contribution in [0.15, 0.2) is 42.5 Å². The van der Waals surface area contributed by atoms with Gasteiger partial charge < -0.3 is 9.47 Å². The number of anilines is 1. The summed E-state index contributed by atoms with van der Waals surface area (Å²) in [6.45, 7) is 4.02. The van der Waals surface area contributed by atoms with Crippen LogP contribution in [0.25, 0.3) is 0 Å². The zero-order valence-corrected chi connectivity index (χ0v) is 17.6. The van der Waals surface area contributed by atoms with Crippen LogP contribution in [-0.2, 0) is 4.74 Å². The summed E-state index contributed by atoms with van der Waals surface area (Å²) in [7, 11) is 1.48. The van der Waals surface area contributed by atoms with Crippen molar-refractivity contribution in [2.24, 2.45) is 0 Å². The lowest BCUT2D eigenvalue weighted by atomic mass is 10.1. The molecule has 6 heteroatoms. The molecule has 0 saturated heterocycles. The molecule has 0 fully saturated rings. The molecule has 1 aliphatic heterocycles. The number of imide groups is 1. The summed E-state index contributed by atoms with van der Waals surface area (Å²) in [5.74, 6) is -0.995. The van der Waals surface area contributed by atoms with E-state index >= 15 is 0 Å². The summed E-state index contributed by atoms with van der Waals surface area (Å²) >= 11 is 0. The number of amides is 2. The maximum absolute atomic E-state index is 13.0. The fourth-order valence-corrected chi connectivity index (χ4v) is 3.57. The van der Waals surface area contributed by atoms with Crippen molar-refractivity contribution in [2.75, 3.05) is 12.0 Å². The van der Waals surface area contributed by atoms with Gasteiger partial charge in [-0.2, -0.15) is 0 Å². The van der Waals surface area contributed by atoms with Gasteiger partial charge in [0.25, 0.3) is 11.8 Å². The fourth-order valence-electron chi connectivity index (χ4n) is 3.57. The van der Waals surface area contributed by atoms with Crippen LogP contribution in [0.3, 0.4) is 0 Å². The number of unbranched alkanes of at least 4 members (excludes halogenated alkanes) is 3. The van der Waals surface area contributed by atoms with E-state index in [2.05, 4.69) is 6.92 Å². The smallest absolute Gasteiger partial charge is 0.338 e. The van der Waals surface area contributed by atoms with E-state index in [9.17, 15) is 14.4 Å². The molecule has 0 spiro atoms. The lowest BCUT2D eigenvalue weighted by Crippen LogP contribution is -2.29. The largest absolute Gasteiger partial charge is 0.495 e. The first-order chi connectivity index (χ1) is 14.5. The summed E-state index contributed by atoms with van der Waals surface area (Å²) in [5.41, 5.74) is 1.08. The van der Waals surface area contributed by atoms with Crippen LogP contribution in [0, 0.1) is 0 Å². The quantitative estimate of drug-likeness (QED) is 0.331. The van der Waals surface area contributed by atoms with E-state index in [1.807, 2.05) is 6.92 Å². The van der Waals surface area contributed by atoms with Crippen molar-refractivity contribution in [1.82, 2.24) is 0 Å². The highest BCUT2D eigenvalue weighted by Gasteiger charge is 2.38. The third-order valence-electron chi connectivity index (χ3n) is 5.22. The van der Waals surface area contributed by atoms with E-state index in [1.165, 1.54) is 31.7 Å². The topological polar surface area (TPSA) is 72.9 Å². The monoisotopic (exact) mass is 409 g/mol. The molecule has 0 bridgehead atoms. The average molecular weight is 409 g/mol. The van der Waals surface area contributed by atoms with E-state index < -0.39 is 17.8 Å². The minimum atomic E-state index is -0.489. The normalized spacial score (nSPS) is 13.9. The molecule has 2 aromatic rings. The summed E-state index contributed by atoms with van der Waals surface area (Å²) in [4.78, 5) is 39.4. The van der Waals surface area contributed by atoms with E-state index in [1.54, 1.807) is 24.3 Å². The van der Waals surface area contributed by atoms with Crippen molar-refractivity contribution in [2.45, 2.75) is 52.1 Å². The van der Waals surface area contributed by atoms with Gasteiger partial charge in [0.15, 0.2) is 0 Å². The molecular formula is C24H27NO5. The SMILES string of the molecule is CCCCCC[C@H](C)OC(=O)c1ccc2c(c1)C(=O)N(c1ccccc1OC)C2=O. The summed E-state index contributed by atoms with van der Waals surface area (Å²) < 4.78 is 10.8. The molecule has 2 aromatic carbocycles. The van der Waals surface area contributed by atoms with Crippen molar-refractivity contribution in [3.8, 4) is 5.75 Å². The number of ether oxygens (including phenoxy) is 2. The van der Waals surface area contributed by atoms with Crippen LogP contribution in [0.5, 0.6) is 5.75 Å². The zero-order valence-electron chi connectivity index (χ0n) is 17.6. The second-order valence-corrected chi connectivity index (χ2v) is 7.44. The van der Waals surface area contributed by atoms with E-state index in [-0.39, 0.29) is 22.8 Å². The van der Waals surface area contributed by atoms with Crippen LogP contribution in [0.2, 0.25) is 0 Å². The highest BCUT2D eigenvalue weighted by molar-refractivity contribution is 6.35. The zero-order chi connectivity index (χ0) is 21.7. The Morgan fingerprint density at radius 1 is 1.00 bits per heavy atom. The Balaban J connectivity index is 1.76. The number of fused-ring (bicyclic) bond motifs is 1. The molecule has 1 atom stereocenters. The average Bonchev–Trinajstić information content (AvgIpc) is 3.00. The van der Waals surface area contributed by atoms with Gasteiger partial charge in [-0.05, 0) is 50.1 Å². The molecule has 0 aromatic heterocycles. The van der Waals surface area contributed by atoms with Crippen molar-refractivity contribution in [3.63, 3.8) is 0 Å². The van der Waals surface area contributed by atoms with E-state index in [0.29, 0.717) is 11.4 Å². The van der Waals surface area contributed by atoms with E-state index in [0.717, 1.165) is 30.6 Å². The van der Waals surface area contributed by atoms with Crippen molar-refractivity contribution >= 4 is 23.5 Å². The predicted octanol–water partition coefficient (Wildman–Crippen LogP) is 5.01. The number of rotatable bonds is 9. The van der Waals surface area contributed by atoms with Crippen molar-refractivity contribution in [3.05, 3.63) is 59.2 Å². The highest BCUT2D eigenvalue weighted by atomic mass is 16.5. The molecule has 0 N–H and O–H groups in total. The Labute approximate surface area is 176 Å². The Kier molecular flexibility index (Phi) is 6.87. The summed E-state index contributed by atoms with van der Waals surface area (Å²) in [5, 5.41) is 0. The number of para-hydroxylation sites is 2. The predicted molar refractivity (Wildman–Crippen MR) is 114 cm³/mol. The Hall–Kier alpha value is -3.15. The molecule has 0 aliphatic carbocycles. The molecule has 1 aliphatic rings. The molecule has 2 amide bonds. The number of nitrogens with zero attached hydrogens (tertiary/aromatic N) is 1. The lowest BCUT2D eigenvalue weighted by Gasteiger charge is -2.16. The number of hydrogen-bond acceptors (Lipinski definition) is 5. The van der Waals surface area contributed by atoms with Gasteiger partial charge in [-0.3, -0.25) is 9.59 Å². The number of methoxy groups -OCH3 is 1. The Morgan fingerprint density at radius 2 is 1.73 bits per heavy atom. The second kappa shape index (κ2) is 9.57. The number of hydrogen-bond donors (Lipinski definition) is 0. The minimum absolute atomic E-state index is 0.191. The molecule has 0 unspecified atom stereocenters.